The highest BCUT2D eigenvalue weighted by molar-refractivity contribution is 8.00. The monoisotopic (exact) mass is 316 g/mol. The van der Waals surface area contributed by atoms with Crippen molar-refractivity contribution >= 4 is 30.0 Å². The first-order chi connectivity index (χ1) is 9.72. The average Bonchev–Trinajstić information content (AvgIpc) is 2.71. The summed E-state index contributed by atoms with van der Waals surface area (Å²) in [6, 6.07) is -1.23. The van der Waals surface area contributed by atoms with Crippen LogP contribution in [0, 0.1) is 5.92 Å². The van der Waals surface area contributed by atoms with Crippen LogP contribution in [0.3, 0.4) is 0 Å². The highest BCUT2D eigenvalue weighted by atomic mass is 32.2. The molecule has 2 amide bonds. The molecule has 21 heavy (non-hydrogen) atoms. The van der Waals surface area contributed by atoms with Gasteiger partial charge in [0.2, 0.25) is 12.3 Å². The van der Waals surface area contributed by atoms with E-state index in [0.717, 1.165) is 0 Å². The van der Waals surface area contributed by atoms with Gasteiger partial charge in [-0.25, -0.2) is 4.79 Å². The molecule has 1 rings (SSSR count). The number of nitrogens with one attached hydrogen (secondary N) is 1. The molecule has 1 aliphatic heterocycles. The Morgan fingerprint density at radius 1 is 1.48 bits per heavy atom. The summed E-state index contributed by atoms with van der Waals surface area (Å²) in [7, 11) is 1.30. The van der Waals surface area contributed by atoms with Crippen molar-refractivity contribution in [2.45, 2.75) is 51.1 Å². The number of ether oxygens (including phenoxy) is 1. The van der Waals surface area contributed by atoms with Crippen molar-refractivity contribution in [2.24, 2.45) is 5.92 Å². The third-order valence-corrected chi connectivity index (χ3v) is 4.88. The predicted octanol–water partition coefficient (Wildman–Crippen LogP) is 1.00. The first kappa shape index (κ1) is 17.8. The second-order valence-electron chi connectivity index (χ2n) is 6.00. The number of hydrogen-bond donors (Lipinski definition) is 1. The molecular formula is C14H24N2O4S. The molecule has 1 fully saturated rings. The maximum absolute atomic E-state index is 12.4. The Kier molecular flexibility index (Phi) is 6.07. The smallest absolute Gasteiger partial charge is 0.328 e. The van der Waals surface area contributed by atoms with Crippen molar-refractivity contribution in [1.29, 1.82) is 0 Å². The Morgan fingerprint density at radius 2 is 2.10 bits per heavy atom. The number of rotatable bonds is 6. The number of nitrogens with zero attached hydrogens (tertiary/aromatic N) is 1. The standard InChI is InChI=1S/C14H24N2O4S/c1-9(2)6-10(13(19)20-5)15-12(18)11-7-21-14(3,4)16(11)8-17/h8-11H,6-7H2,1-5H3,(H,15,18)/t10-,11-/m0/s1. The van der Waals surface area contributed by atoms with Crippen molar-refractivity contribution < 1.29 is 19.1 Å². The molecule has 1 saturated heterocycles. The Hall–Kier alpha value is -1.24. The first-order valence-corrected chi connectivity index (χ1v) is 7.97. The largest absolute Gasteiger partial charge is 0.467 e. The second-order valence-corrected chi connectivity index (χ2v) is 7.62. The molecule has 0 aromatic heterocycles. The van der Waals surface area contributed by atoms with Crippen molar-refractivity contribution in [3.05, 3.63) is 0 Å². The lowest BCUT2D eigenvalue weighted by molar-refractivity contribution is -0.146. The fraction of sp³-hybridized carbons (Fsp3) is 0.786. The van der Waals surface area contributed by atoms with Crippen LogP contribution in [-0.2, 0) is 19.1 Å². The third kappa shape index (κ3) is 4.36. The van der Waals surface area contributed by atoms with Crippen molar-refractivity contribution in [1.82, 2.24) is 10.2 Å². The highest BCUT2D eigenvalue weighted by Gasteiger charge is 2.43. The van der Waals surface area contributed by atoms with E-state index in [1.54, 1.807) is 11.8 Å². The van der Waals surface area contributed by atoms with Crippen LogP contribution in [0.4, 0.5) is 0 Å². The maximum atomic E-state index is 12.4. The minimum atomic E-state index is -0.676. The number of hydrogen-bond acceptors (Lipinski definition) is 5. The van der Waals surface area contributed by atoms with Crippen LogP contribution in [-0.4, -0.2) is 53.0 Å². The molecule has 1 aliphatic rings. The minimum absolute atomic E-state index is 0.242. The quantitative estimate of drug-likeness (QED) is 0.584. The van der Waals surface area contributed by atoms with Crippen LogP contribution in [0.5, 0.6) is 0 Å². The van der Waals surface area contributed by atoms with E-state index in [1.165, 1.54) is 12.0 Å². The highest BCUT2D eigenvalue weighted by Crippen LogP contribution is 2.37. The zero-order valence-corrected chi connectivity index (χ0v) is 14.0. The van der Waals surface area contributed by atoms with Crippen LogP contribution < -0.4 is 5.32 Å². The summed E-state index contributed by atoms with van der Waals surface area (Å²) in [5.41, 5.74) is 0. The Morgan fingerprint density at radius 3 is 2.57 bits per heavy atom. The molecule has 6 nitrogen and oxygen atoms in total. The fourth-order valence-electron chi connectivity index (χ4n) is 2.31. The van der Waals surface area contributed by atoms with Crippen molar-refractivity contribution in [2.75, 3.05) is 12.9 Å². The number of carbonyl (C=O) groups excluding carboxylic acids is 3. The fourth-order valence-corrected chi connectivity index (χ4v) is 3.51. The van der Waals surface area contributed by atoms with Crippen LogP contribution in [0.25, 0.3) is 0 Å². The normalized spacial score (nSPS) is 22.0. The predicted molar refractivity (Wildman–Crippen MR) is 81.6 cm³/mol. The summed E-state index contributed by atoms with van der Waals surface area (Å²) in [4.78, 5) is 36.4. The zero-order chi connectivity index (χ0) is 16.2. The number of methoxy groups -OCH3 is 1. The Balaban J connectivity index is 2.78. The van der Waals surface area contributed by atoms with Crippen molar-refractivity contribution in [3.63, 3.8) is 0 Å². The van der Waals surface area contributed by atoms with Gasteiger partial charge < -0.3 is 15.0 Å². The molecule has 7 heteroatoms. The molecule has 0 saturated carbocycles. The summed E-state index contributed by atoms with van der Waals surface area (Å²) >= 11 is 1.54. The van der Waals surface area contributed by atoms with Crippen LogP contribution in [0.15, 0.2) is 0 Å². The summed E-state index contributed by atoms with van der Waals surface area (Å²) in [6.45, 7) is 7.72. The molecule has 0 aromatic rings. The van der Waals surface area contributed by atoms with Gasteiger partial charge in [0, 0.05) is 5.75 Å². The van der Waals surface area contributed by atoms with E-state index in [9.17, 15) is 14.4 Å². The van der Waals surface area contributed by atoms with Gasteiger partial charge in [-0.3, -0.25) is 9.59 Å². The van der Waals surface area contributed by atoms with E-state index in [0.29, 0.717) is 18.6 Å². The number of esters is 1. The lowest BCUT2D eigenvalue weighted by atomic mass is 10.0. The number of amides is 2. The molecule has 0 unspecified atom stereocenters. The second kappa shape index (κ2) is 7.15. The molecule has 0 bridgehead atoms. The minimum Gasteiger partial charge on any atom is -0.467 e. The molecule has 1 heterocycles. The van der Waals surface area contributed by atoms with Gasteiger partial charge in [-0.1, -0.05) is 13.8 Å². The van der Waals surface area contributed by atoms with Crippen LogP contribution >= 0.6 is 11.8 Å². The van der Waals surface area contributed by atoms with E-state index in [-0.39, 0.29) is 11.8 Å². The third-order valence-electron chi connectivity index (χ3n) is 3.48. The molecule has 0 radical (unpaired) electrons. The molecule has 0 spiro atoms. The Bertz CT molecular complexity index is 412. The maximum Gasteiger partial charge on any atom is 0.328 e. The van der Waals surface area contributed by atoms with E-state index in [1.807, 2.05) is 27.7 Å². The van der Waals surface area contributed by atoms with E-state index in [2.05, 4.69) is 5.32 Å². The van der Waals surface area contributed by atoms with Gasteiger partial charge in [0.25, 0.3) is 0 Å². The van der Waals surface area contributed by atoms with Gasteiger partial charge in [0.1, 0.15) is 12.1 Å². The van der Waals surface area contributed by atoms with Gasteiger partial charge >= 0.3 is 5.97 Å². The molecule has 0 aromatic carbocycles. The van der Waals surface area contributed by atoms with Gasteiger partial charge in [-0.15, -0.1) is 11.8 Å². The van der Waals surface area contributed by atoms with Gasteiger partial charge in [-0.05, 0) is 26.2 Å². The lowest BCUT2D eigenvalue weighted by Gasteiger charge is -2.31. The van der Waals surface area contributed by atoms with Gasteiger partial charge in [-0.2, -0.15) is 0 Å². The average molecular weight is 316 g/mol. The first-order valence-electron chi connectivity index (χ1n) is 6.98. The van der Waals surface area contributed by atoms with Crippen LogP contribution in [0.2, 0.25) is 0 Å². The van der Waals surface area contributed by atoms with E-state index < -0.39 is 22.9 Å². The van der Waals surface area contributed by atoms with Gasteiger partial charge in [0.15, 0.2) is 0 Å². The zero-order valence-electron chi connectivity index (χ0n) is 13.2. The lowest BCUT2D eigenvalue weighted by Crippen LogP contribution is -2.53. The molecule has 120 valence electrons. The summed E-state index contributed by atoms with van der Waals surface area (Å²) in [6.07, 6.45) is 1.20. The SMILES string of the molecule is COC(=O)[C@H](CC(C)C)NC(=O)[C@@H]1CSC(C)(C)N1C=O. The molecule has 0 aliphatic carbocycles. The summed E-state index contributed by atoms with van der Waals surface area (Å²) in [5.74, 6) is -0.00513. The summed E-state index contributed by atoms with van der Waals surface area (Å²) in [5, 5.41) is 2.72. The van der Waals surface area contributed by atoms with Gasteiger partial charge in [0.05, 0.1) is 12.0 Å². The number of thioether (sulfide) groups is 1. The molecular weight excluding hydrogens is 292 g/mol. The number of carbonyl (C=O) groups is 3. The van der Waals surface area contributed by atoms with Crippen molar-refractivity contribution in [3.8, 4) is 0 Å². The van der Waals surface area contributed by atoms with E-state index in [4.69, 9.17) is 4.74 Å². The van der Waals surface area contributed by atoms with Crippen LogP contribution in [0.1, 0.15) is 34.1 Å². The Labute approximate surface area is 130 Å². The topological polar surface area (TPSA) is 75.7 Å². The van der Waals surface area contributed by atoms with E-state index >= 15 is 0 Å². The summed E-state index contributed by atoms with van der Waals surface area (Å²) < 4.78 is 4.73. The molecule has 2 atom stereocenters. The molecule has 1 N–H and O–H groups in total.